The van der Waals surface area contributed by atoms with Crippen LogP contribution in [0.4, 0.5) is 4.39 Å². The molecule has 0 unspecified atom stereocenters. The molecule has 0 saturated carbocycles. The van der Waals surface area contributed by atoms with Crippen molar-refractivity contribution in [3.05, 3.63) is 35.6 Å². The number of aliphatic carboxylic acids is 1. The molecule has 0 aliphatic rings. The van der Waals surface area contributed by atoms with E-state index >= 15 is 0 Å². The monoisotopic (exact) mass is 225 g/mol. The van der Waals surface area contributed by atoms with Crippen molar-refractivity contribution in [2.45, 2.75) is 25.8 Å². The van der Waals surface area contributed by atoms with Crippen LogP contribution in [0.3, 0.4) is 0 Å². The number of carboxylic acid groups (broad SMARTS) is 1. The summed E-state index contributed by atoms with van der Waals surface area (Å²) in [6, 6.07) is 5.30. The Labute approximate surface area is 94.3 Å². The minimum Gasteiger partial charge on any atom is -0.480 e. The van der Waals surface area contributed by atoms with Crippen LogP contribution in [-0.2, 0) is 11.2 Å². The predicted octanol–water partition coefficient (Wildman–Crippen LogP) is 1.82. The number of hydrogen-bond donors (Lipinski definition) is 2. The number of nitrogens with one attached hydrogen (secondary N) is 1. The summed E-state index contributed by atoms with van der Waals surface area (Å²) in [5.74, 6) is -1.19. The number of rotatable bonds is 6. The third kappa shape index (κ3) is 3.98. The standard InChI is InChI=1S/C12H16FNO2/c1-2-7-14-11(12(15)16)8-9-3-5-10(13)6-4-9/h3-6,11,14H,2,7-8H2,1H3,(H,15,16)/t11-/m0/s1. The second-order valence-corrected chi connectivity index (χ2v) is 3.68. The second kappa shape index (κ2) is 6.23. The van der Waals surface area contributed by atoms with Gasteiger partial charge >= 0.3 is 5.97 Å². The highest BCUT2D eigenvalue weighted by Gasteiger charge is 2.16. The van der Waals surface area contributed by atoms with E-state index in [1.807, 2.05) is 6.92 Å². The van der Waals surface area contributed by atoms with E-state index in [4.69, 9.17) is 5.11 Å². The fraction of sp³-hybridized carbons (Fsp3) is 0.417. The average molecular weight is 225 g/mol. The SMILES string of the molecule is CCCN[C@@H](Cc1ccc(F)cc1)C(=O)O. The van der Waals surface area contributed by atoms with Crippen molar-refractivity contribution in [2.24, 2.45) is 0 Å². The Morgan fingerprint density at radius 2 is 2.06 bits per heavy atom. The molecule has 0 radical (unpaired) electrons. The van der Waals surface area contributed by atoms with Crippen molar-refractivity contribution >= 4 is 5.97 Å². The molecule has 1 rings (SSSR count). The van der Waals surface area contributed by atoms with Crippen molar-refractivity contribution in [1.82, 2.24) is 5.32 Å². The number of carbonyl (C=O) groups is 1. The normalized spacial score (nSPS) is 12.4. The van der Waals surface area contributed by atoms with E-state index in [-0.39, 0.29) is 5.82 Å². The van der Waals surface area contributed by atoms with Crippen molar-refractivity contribution < 1.29 is 14.3 Å². The van der Waals surface area contributed by atoms with E-state index in [9.17, 15) is 9.18 Å². The van der Waals surface area contributed by atoms with Crippen LogP contribution in [0.1, 0.15) is 18.9 Å². The van der Waals surface area contributed by atoms with E-state index in [1.165, 1.54) is 12.1 Å². The van der Waals surface area contributed by atoms with Gasteiger partial charge in [0, 0.05) is 0 Å². The maximum atomic E-state index is 12.7. The summed E-state index contributed by atoms with van der Waals surface area (Å²) >= 11 is 0. The van der Waals surface area contributed by atoms with Crippen molar-refractivity contribution in [3.63, 3.8) is 0 Å². The van der Waals surface area contributed by atoms with Crippen LogP contribution < -0.4 is 5.32 Å². The highest BCUT2D eigenvalue weighted by molar-refractivity contribution is 5.73. The summed E-state index contributed by atoms with van der Waals surface area (Å²) in [7, 11) is 0. The van der Waals surface area contributed by atoms with E-state index in [1.54, 1.807) is 12.1 Å². The molecule has 1 atom stereocenters. The average Bonchev–Trinajstić information content (AvgIpc) is 2.26. The molecular weight excluding hydrogens is 209 g/mol. The summed E-state index contributed by atoms with van der Waals surface area (Å²) in [5, 5.41) is 11.9. The highest BCUT2D eigenvalue weighted by Crippen LogP contribution is 2.06. The van der Waals surface area contributed by atoms with Crippen LogP contribution in [0.15, 0.2) is 24.3 Å². The first-order valence-electron chi connectivity index (χ1n) is 5.34. The Morgan fingerprint density at radius 1 is 1.44 bits per heavy atom. The summed E-state index contributed by atoms with van der Waals surface area (Å²) in [6.45, 7) is 2.64. The predicted molar refractivity (Wildman–Crippen MR) is 59.8 cm³/mol. The zero-order chi connectivity index (χ0) is 12.0. The fourth-order valence-corrected chi connectivity index (χ4v) is 1.42. The summed E-state index contributed by atoms with van der Waals surface area (Å²) in [5.41, 5.74) is 0.817. The molecule has 0 heterocycles. The molecule has 1 aromatic rings. The fourth-order valence-electron chi connectivity index (χ4n) is 1.42. The van der Waals surface area contributed by atoms with Crippen molar-refractivity contribution in [2.75, 3.05) is 6.54 Å². The van der Waals surface area contributed by atoms with E-state index in [0.29, 0.717) is 13.0 Å². The molecule has 0 fully saturated rings. The first kappa shape index (κ1) is 12.6. The van der Waals surface area contributed by atoms with Crippen LogP contribution in [0.25, 0.3) is 0 Å². The van der Waals surface area contributed by atoms with Gasteiger partial charge in [0.05, 0.1) is 0 Å². The Morgan fingerprint density at radius 3 is 2.56 bits per heavy atom. The number of halogens is 1. The first-order chi connectivity index (χ1) is 7.63. The Balaban J connectivity index is 2.60. The van der Waals surface area contributed by atoms with Gasteiger partial charge in [-0.1, -0.05) is 19.1 Å². The molecule has 16 heavy (non-hydrogen) atoms. The van der Waals surface area contributed by atoms with E-state index < -0.39 is 12.0 Å². The second-order valence-electron chi connectivity index (χ2n) is 3.68. The number of benzene rings is 1. The van der Waals surface area contributed by atoms with Gasteiger partial charge in [-0.05, 0) is 37.1 Å². The molecule has 2 N–H and O–H groups in total. The minimum absolute atomic E-state index is 0.308. The number of carboxylic acids is 1. The van der Waals surface area contributed by atoms with Gasteiger partial charge in [-0.3, -0.25) is 4.79 Å². The molecule has 3 nitrogen and oxygen atoms in total. The van der Waals surface area contributed by atoms with Crippen LogP contribution >= 0.6 is 0 Å². The summed E-state index contributed by atoms with van der Waals surface area (Å²) in [4.78, 5) is 10.9. The minimum atomic E-state index is -0.877. The van der Waals surface area contributed by atoms with Crippen LogP contribution in [-0.4, -0.2) is 23.7 Å². The quantitative estimate of drug-likeness (QED) is 0.776. The van der Waals surface area contributed by atoms with Gasteiger partial charge in [-0.15, -0.1) is 0 Å². The van der Waals surface area contributed by atoms with Gasteiger partial charge in [0.2, 0.25) is 0 Å². The smallest absolute Gasteiger partial charge is 0.321 e. The van der Waals surface area contributed by atoms with E-state index in [0.717, 1.165) is 12.0 Å². The Kier molecular flexibility index (Phi) is 4.92. The molecule has 0 saturated heterocycles. The molecule has 0 spiro atoms. The van der Waals surface area contributed by atoms with Crippen LogP contribution in [0.2, 0.25) is 0 Å². The number of hydrogen-bond acceptors (Lipinski definition) is 2. The van der Waals surface area contributed by atoms with Crippen LogP contribution in [0.5, 0.6) is 0 Å². The lowest BCUT2D eigenvalue weighted by atomic mass is 10.1. The zero-order valence-electron chi connectivity index (χ0n) is 9.24. The molecular formula is C12H16FNO2. The zero-order valence-corrected chi connectivity index (χ0v) is 9.24. The summed E-state index contributed by atoms with van der Waals surface area (Å²) in [6.07, 6.45) is 1.25. The largest absolute Gasteiger partial charge is 0.480 e. The molecule has 0 amide bonds. The molecule has 0 aliphatic heterocycles. The van der Waals surface area contributed by atoms with Gasteiger partial charge < -0.3 is 10.4 Å². The molecule has 0 bridgehead atoms. The third-order valence-corrected chi connectivity index (χ3v) is 2.29. The molecule has 0 aliphatic carbocycles. The molecule has 4 heteroatoms. The highest BCUT2D eigenvalue weighted by atomic mass is 19.1. The van der Waals surface area contributed by atoms with Gasteiger partial charge in [0.25, 0.3) is 0 Å². The van der Waals surface area contributed by atoms with Gasteiger partial charge in [-0.2, -0.15) is 0 Å². The van der Waals surface area contributed by atoms with Crippen molar-refractivity contribution in [1.29, 1.82) is 0 Å². The van der Waals surface area contributed by atoms with Crippen LogP contribution in [0, 0.1) is 5.82 Å². The maximum absolute atomic E-state index is 12.7. The molecule has 0 aromatic heterocycles. The van der Waals surface area contributed by atoms with E-state index in [2.05, 4.69) is 5.32 Å². The third-order valence-electron chi connectivity index (χ3n) is 2.29. The lowest BCUT2D eigenvalue weighted by Gasteiger charge is -2.13. The van der Waals surface area contributed by atoms with Gasteiger partial charge in [-0.25, -0.2) is 4.39 Å². The topological polar surface area (TPSA) is 49.3 Å². The van der Waals surface area contributed by atoms with Gasteiger partial charge in [0.1, 0.15) is 11.9 Å². The summed E-state index contributed by atoms with van der Waals surface area (Å²) < 4.78 is 12.7. The Hall–Kier alpha value is -1.42. The maximum Gasteiger partial charge on any atom is 0.321 e. The first-order valence-corrected chi connectivity index (χ1v) is 5.34. The molecule has 88 valence electrons. The molecule has 1 aromatic carbocycles. The van der Waals surface area contributed by atoms with Crippen molar-refractivity contribution in [3.8, 4) is 0 Å². The lowest BCUT2D eigenvalue weighted by Crippen LogP contribution is -2.38. The van der Waals surface area contributed by atoms with Gasteiger partial charge in [0.15, 0.2) is 0 Å². The lowest BCUT2D eigenvalue weighted by molar-refractivity contribution is -0.139. The Bertz CT molecular complexity index is 337.